The highest BCUT2D eigenvalue weighted by molar-refractivity contribution is 6.30. The molecule has 1 aromatic rings. The van der Waals surface area contributed by atoms with Crippen LogP contribution in [0.4, 0.5) is 0 Å². The van der Waals surface area contributed by atoms with E-state index in [1.54, 1.807) is 0 Å². The maximum atomic E-state index is 5.97. The molecule has 100 valence electrons. The van der Waals surface area contributed by atoms with Gasteiger partial charge in [-0.05, 0) is 37.6 Å². The van der Waals surface area contributed by atoms with Crippen molar-refractivity contribution in [3.63, 3.8) is 0 Å². The summed E-state index contributed by atoms with van der Waals surface area (Å²) in [4.78, 5) is 2.31. The van der Waals surface area contributed by atoms with Gasteiger partial charge in [-0.1, -0.05) is 23.7 Å². The molecule has 0 saturated carbocycles. The summed E-state index contributed by atoms with van der Waals surface area (Å²) in [6, 6.07) is 7.98. The molecule has 1 atom stereocenters. The highest BCUT2D eigenvalue weighted by Gasteiger charge is 2.35. The summed E-state index contributed by atoms with van der Waals surface area (Å²) in [7, 11) is 2.12. The molecule has 0 aromatic heterocycles. The van der Waals surface area contributed by atoms with Gasteiger partial charge in [-0.25, -0.2) is 0 Å². The summed E-state index contributed by atoms with van der Waals surface area (Å²) in [5.41, 5.74) is 7.21. The molecule has 1 aromatic carbocycles. The predicted molar refractivity (Wildman–Crippen MR) is 74.8 cm³/mol. The lowest BCUT2D eigenvalue weighted by Crippen LogP contribution is -2.56. The SMILES string of the molecule is CN(Cc1ccc(Cl)cc1)C1(CN)CCCOC1. The van der Waals surface area contributed by atoms with Crippen molar-refractivity contribution in [1.82, 2.24) is 4.90 Å². The quantitative estimate of drug-likeness (QED) is 0.911. The second kappa shape index (κ2) is 6.02. The van der Waals surface area contributed by atoms with Gasteiger partial charge in [0.1, 0.15) is 0 Å². The van der Waals surface area contributed by atoms with Crippen molar-refractivity contribution in [2.75, 3.05) is 26.8 Å². The fourth-order valence-corrected chi connectivity index (χ4v) is 2.61. The summed E-state index contributed by atoms with van der Waals surface area (Å²) >= 11 is 5.90. The van der Waals surface area contributed by atoms with E-state index in [0.29, 0.717) is 6.54 Å². The minimum absolute atomic E-state index is 0.0160. The molecule has 1 fully saturated rings. The molecule has 1 heterocycles. The number of rotatable bonds is 4. The molecule has 1 saturated heterocycles. The second-order valence-electron chi connectivity index (χ2n) is 5.07. The van der Waals surface area contributed by atoms with Crippen LogP contribution in [0.3, 0.4) is 0 Å². The van der Waals surface area contributed by atoms with Gasteiger partial charge in [-0.3, -0.25) is 4.90 Å². The van der Waals surface area contributed by atoms with Crippen LogP contribution in [0, 0.1) is 0 Å². The van der Waals surface area contributed by atoms with Gasteiger partial charge in [0.2, 0.25) is 0 Å². The average Bonchev–Trinajstić information content (AvgIpc) is 2.42. The highest BCUT2D eigenvalue weighted by Crippen LogP contribution is 2.26. The van der Waals surface area contributed by atoms with E-state index in [9.17, 15) is 0 Å². The number of likely N-dealkylation sites (N-methyl/N-ethyl adjacent to an activating group) is 1. The average molecular weight is 269 g/mol. The first-order valence-corrected chi connectivity index (χ1v) is 6.78. The lowest BCUT2D eigenvalue weighted by molar-refractivity contribution is -0.0374. The van der Waals surface area contributed by atoms with Gasteiger partial charge in [0, 0.05) is 24.7 Å². The number of benzene rings is 1. The summed E-state index contributed by atoms with van der Waals surface area (Å²) in [6.07, 6.45) is 2.19. The van der Waals surface area contributed by atoms with Crippen molar-refractivity contribution in [3.8, 4) is 0 Å². The molecule has 2 N–H and O–H groups in total. The number of hydrogen-bond donors (Lipinski definition) is 1. The third kappa shape index (κ3) is 3.04. The Bertz CT molecular complexity index is 374. The summed E-state index contributed by atoms with van der Waals surface area (Å²) in [6.45, 7) is 3.10. The molecule has 3 nitrogen and oxygen atoms in total. The van der Waals surface area contributed by atoms with Crippen LogP contribution in [0.1, 0.15) is 18.4 Å². The Labute approximate surface area is 114 Å². The van der Waals surface area contributed by atoms with Crippen molar-refractivity contribution < 1.29 is 4.74 Å². The smallest absolute Gasteiger partial charge is 0.0662 e. The van der Waals surface area contributed by atoms with Crippen LogP contribution < -0.4 is 5.73 Å². The van der Waals surface area contributed by atoms with E-state index in [1.807, 2.05) is 12.1 Å². The number of halogens is 1. The van der Waals surface area contributed by atoms with Gasteiger partial charge in [-0.15, -0.1) is 0 Å². The summed E-state index contributed by atoms with van der Waals surface area (Å²) < 4.78 is 5.61. The Morgan fingerprint density at radius 2 is 2.11 bits per heavy atom. The molecule has 2 rings (SSSR count). The van der Waals surface area contributed by atoms with Gasteiger partial charge >= 0.3 is 0 Å². The Kier molecular flexibility index (Phi) is 4.62. The van der Waals surface area contributed by atoms with E-state index < -0.39 is 0 Å². The van der Waals surface area contributed by atoms with Crippen LogP contribution in [0.25, 0.3) is 0 Å². The molecule has 0 aliphatic carbocycles. The summed E-state index contributed by atoms with van der Waals surface area (Å²) in [5, 5.41) is 0.774. The lowest BCUT2D eigenvalue weighted by atomic mass is 9.90. The first-order chi connectivity index (χ1) is 8.66. The van der Waals surface area contributed by atoms with Crippen LogP contribution in [0.2, 0.25) is 5.02 Å². The molecule has 0 radical (unpaired) electrons. The number of ether oxygens (including phenoxy) is 1. The zero-order valence-electron chi connectivity index (χ0n) is 10.9. The number of nitrogens with zero attached hydrogens (tertiary/aromatic N) is 1. The van der Waals surface area contributed by atoms with E-state index in [-0.39, 0.29) is 5.54 Å². The number of nitrogens with two attached hydrogens (primary N) is 1. The standard InChI is InChI=1S/C14H21ClN2O/c1-17(9-12-3-5-13(15)6-4-12)14(10-16)7-2-8-18-11-14/h3-6H,2,7-11,16H2,1H3. The van der Waals surface area contributed by atoms with Gasteiger partial charge in [0.25, 0.3) is 0 Å². The Morgan fingerprint density at radius 3 is 2.67 bits per heavy atom. The topological polar surface area (TPSA) is 38.5 Å². The van der Waals surface area contributed by atoms with Gasteiger partial charge in [-0.2, -0.15) is 0 Å². The van der Waals surface area contributed by atoms with Crippen molar-refractivity contribution in [2.24, 2.45) is 5.73 Å². The molecule has 0 bridgehead atoms. The molecule has 1 aliphatic heterocycles. The summed E-state index contributed by atoms with van der Waals surface area (Å²) in [5.74, 6) is 0. The van der Waals surface area contributed by atoms with Crippen molar-refractivity contribution in [3.05, 3.63) is 34.9 Å². The molecular formula is C14H21ClN2O. The first kappa shape index (κ1) is 13.8. The van der Waals surface area contributed by atoms with E-state index in [1.165, 1.54) is 5.56 Å². The normalized spacial score (nSPS) is 24.4. The van der Waals surface area contributed by atoms with Gasteiger partial charge < -0.3 is 10.5 Å². The molecule has 4 heteroatoms. The molecule has 1 aliphatic rings. The van der Waals surface area contributed by atoms with Crippen LogP contribution in [0.15, 0.2) is 24.3 Å². The lowest BCUT2D eigenvalue weighted by Gasteiger charge is -2.43. The minimum atomic E-state index is -0.0160. The van der Waals surface area contributed by atoms with Crippen LogP contribution in [-0.2, 0) is 11.3 Å². The zero-order chi connectivity index (χ0) is 13.0. The predicted octanol–water partition coefficient (Wildman–Crippen LogP) is 2.28. The molecule has 0 spiro atoms. The van der Waals surface area contributed by atoms with Crippen LogP contribution >= 0.6 is 11.6 Å². The van der Waals surface area contributed by atoms with E-state index in [2.05, 4.69) is 24.1 Å². The highest BCUT2D eigenvalue weighted by atomic mass is 35.5. The minimum Gasteiger partial charge on any atom is -0.379 e. The van der Waals surface area contributed by atoms with E-state index >= 15 is 0 Å². The Balaban J connectivity index is 2.05. The monoisotopic (exact) mass is 268 g/mol. The maximum Gasteiger partial charge on any atom is 0.0662 e. The fraction of sp³-hybridized carbons (Fsp3) is 0.571. The third-order valence-corrected chi connectivity index (χ3v) is 4.08. The molecule has 18 heavy (non-hydrogen) atoms. The second-order valence-corrected chi connectivity index (χ2v) is 5.50. The Morgan fingerprint density at radius 1 is 1.39 bits per heavy atom. The van der Waals surface area contributed by atoms with Crippen LogP contribution in [0.5, 0.6) is 0 Å². The van der Waals surface area contributed by atoms with E-state index in [0.717, 1.165) is 37.6 Å². The van der Waals surface area contributed by atoms with Crippen molar-refractivity contribution in [1.29, 1.82) is 0 Å². The van der Waals surface area contributed by atoms with Gasteiger partial charge in [0.05, 0.1) is 12.1 Å². The largest absolute Gasteiger partial charge is 0.379 e. The molecule has 1 unspecified atom stereocenters. The van der Waals surface area contributed by atoms with Gasteiger partial charge in [0.15, 0.2) is 0 Å². The van der Waals surface area contributed by atoms with Crippen LogP contribution in [-0.4, -0.2) is 37.2 Å². The number of hydrogen-bond acceptors (Lipinski definition) is 3. The first-order valence-electron chi connectivity index (χ1n) is 6.40. The fourth-order valence-electron chi connectivity index (χ4n) is 2.49. The van der Waals surface area contributed by atoms with E-state index in [4.69, 9.17) is 22.1 Å². The zero-order valence-corrected chi connectivity index (χ0v) is 11.6. The van der Waals surface area contributed by atoms with Crippen molar-refractivity contribution in [2.45, 2.75) is 24.9 Å². The molecular weight excluding hydrogens is 248 g/mol. The third-order valence-electron chi connectivity index (χ3n) is 3.82. The molecule has 0 amide bonds. The maximum absolute atomic E-state index is 5.97. The Hall–Kier alpha value is -0.610. The van der Waals surface area contributed by atoms with Crippen molar-refractivity contribution >= 4 is 11.6 Å².